The molecule has 8 heteroatoms. The molecule has 0 saturated carbocycles. The first kappa shape index (κ1) is 16.2. The average Bonchev–Trinajstić information content (AvgIpc) is 2.52. The molecule has 1 aromatic rings. The van der Waals surface area contributed by atoms with Crippen molar-refractivity contribution in [3.63, 3.8) is 0 Å². The molecule has 0 aliphatic carbocycles. The fourth-order valence-corrected chi connectivity index (χ4v) is 2.57. The number of hydrogen-bond acceptors (Lipinski definition) is 4. The molecule has 1 aliphatic heterocycles. The fourth-order valence-electron chi connectivity index (χ4n) is 2.31. The van der Waals surface area contributed by atoms with Gasteiger partial charge in [0.2, 0.25) is 5.91 Å². The van der Waals surface area contributed by atoms with Gasteiger partial charge in [-0.3, -0.25) is 19.7 Å². The summed E-state index contributed by atoms with van der Waals surface area (Å²) in [6.45, 7) is 1.33. The van der Waals surface area contributed by atoms with Gasteiger partial charge in [-0.1, -0.05) is 11.6 Å². The average molecular weight is 326 g/mol. The summed E-state index contributed by atoms with van der Waals surface area (Å²) in [7, 11) is 0. The van der Waals surface area contributed by atoms with E-state index in [0.29, 0.717) is 13.1 Å². The molecule has 1 aromatic carbocycles. The lowest BCUT2D eigenvalue weighted by atomic mass is 10.1. The van der Waals surface area contributed by atoms with Gasteiger partial charge in [-0.25, -0.2) is 0 Å². The highest BCUT2D eigenvalue weighted by atomic mass is 35.5. The molecule has 0 spiro atoms. The second-order valence-corrected chi connectivity index (χ2v) is 5.45. The number of nitro groups is 1. The highest BCUT2D eigenvalue weighted by Crippen LogP contribution is 2.22. The van der Waals surface area contributed by atoms with Gasteiger partial charge in [0.05, 0.1) is 22.1 Å². The van der Waals surface area contributed by atoms with Gasteiger partial charge >= 0.3 is 0 Å². The summed E-state index contributed by atoms with van der Waals surface area (Å²) in [5.41, 5.74) is -0.0790. The van der Waals surface area contributed by atoms with Crippen LogP contribution in [0.1, 0.15) is 29.6 Å². The third-order valence-electron chi connectivity index (χ3n) is 3.52. The van der Waals surface area contributed by atoms with Crippen LogP contribution in [0, 0.1) is 10.1 Å². The Morgan fingerprint density at radius 3 is 2.55 bits per heavy atom. The molecule has 2 rings (SSSR count). The van der Waals surface area contributed by atoms with Crippen LogP contribution < -0.4 is 5.32 Å². The molecule has 1 fully saturated rings. The van der Waals surface area contributed by atoms with Crippen molar-refractivity contribution in [2.75, 3.05) is 19.6 Å². The maximum Gasteiger partial charge on any atom is 0.270 e. The zero-order valence-electron chi connectivity index (χ0n) is 11.9. The van der Waals surface area contributed by atoms with Gasteiger partial charge < -0.3 is 10.2 Å². The molecular weight excluding hydrogens is 310 g/mol. The molecule has 1 saturated heterocycles. The molecule has 0 aromatic heterocycles. The van der Waals surface area contributed by atoms with Crippen LogP contribution in [0.15, 0.2) is 18.2 Å². The predicted octanol–water partition coefficient (Wildman–Crippen LogP) is 1.99. The summed E-state index contributed by atoms with van der Waals surface area (Å²) >= 11 is 5.87. The van der Waals surface area contributed by atoms with E-state index in [1.165, 1.54) is 12.1 Å². The van der Waals surface area contributed by atoms with Crippen molar-refractivity contribution in [2.24, 2.45) is 0 Å². The first-order chi connectivity index (χ1) is 10.5. The van der Waals surface area contributed by atoms with Crippen molar-refractivity contribution in [1.29, 1.82) is 0 Å². The van der Waals surface area contributed by atoms with Gasteiger partial charge in [0, 0.05) is 25.2 Å². The SMILES string of the molecule is O=C(NCC(=O)N1CCCCC1)c1ccc([N+](=O)[O-])cc1Cl. The van der Waals surface area contributed by atoms with E-state index in [-0.39, 0.29) is 28.7 Å². The summed E-state index contributed by atoms with van der Waals surface area (Å²) < 4.78 is 0. The van der Waals surface area contributed by atoms with E-state index < -0.39 is 10.8 Å². The molecular formula is C14H16ClN3O4. The zero-order valence-corrected chi connectivity index (χ0v) is 12.6. The summed E-state index contributed by atoms with van der Waals surface area (Å²) in [6, 6.07) is 3.59. The number of non-ortho nitro benzene ring substituents is 1. The number of amides is 2. The minimum absolute atomic E-state index is 0.0166. The Bertz CT molecular complexity index is 600. The van der Waals surface area contributed by atoms with Crippen LogP contribution >= 0.6 is 11.6 Å². The van der Waals surface area contributed by atoms with Crippen molar-refractivity contribution in [1.82, 2.24) is 10.2 Å². The standard InChI is InChI=1S/C14H16ClN3O4/c15-12-8-10(18(21)22)4-5-11(12)14(20)16-9-13(19)17-6-2-1-3-7-17/h4-5,8H,1-3,6-7,9H2,(H,16,20). The molecule has 1 N–H and O–H groups in total. The molecule has 0 bridgehead atoms. The Kier molecular flexibility index (Phi) is 5.32. The van der Waals surface area contributed by atoms with Crippen LogP contribution in [0.2, 0.25) is 5.02 Å². The molecule has 1 heterocycles. The minimum Gasteiger partial charge on any atom is -0.343 e. The number of nitro benzene ring substituents is 1. The Morgan fingerprint density at radius 2 is 1.95 bits per heavy atom. The van der Waals surface area contributed by atoms with Crippen molar-refractivity contribution in [3.05, 3.63) is 38.9 Å². The lowest BCUT2D eigenvalue weighted by Crippen LogP contribution is -2.42. The number of piperidine rings is 1. The van der Waals surface area contributed by atoms with Crippen molar-refractivity contribution >= 4 is 29.1 Å². The Hall–Kier alpha value is -2.15. The fraction of sp³-hybridized carbons (Fsp3) is 0.429. The molecule has 22 heavy (non-hydrogen) atoms. The Labute approximate surface area is 132 Å². The Balaban J connectivity index is 1.94. The molecule has 0 atom stereocenters. The number of hydrogen-bond donors (Lipinski definition) is 1. The van der Waals surface area contributed by atoms with Gasteiger partial charge in [0.1, 0.15) is 0 Å². The molecule has 1 aliphatic rings. The largest absolute Gasteiger partial charge is 0.343 e. The van der Waals surface area contributed by atoms with Crippen LogP contribution in [0.5, 0.6) is 0 Å². The summed E-state index contributed by atoms with van der Waals surface area (Å²) in [6.07, 6.45) is 3.08. The summed E-state index contributed by atoms with van der Waals surface area (Å²) in [5, 5.41) is 13.1. The predicted molar refractivity (Wildman–Crippen MR) is 80.9 cm³/mol. The Morgan fingerprint density at radius 1 is 1.27 bits per heavy atom. The highest BCUT2D eigenvalue weighted by molar-refractivity contribution is 6.34. The van der Waals surface area contributed by atoms with E-state index in [4.69, 9.17) is 11.6 Å². The van der Waals surface area contributed by atoms with Crippen molar-refractivity contribution < 1.29 is 14.5 Å². The first-order valence-corrected chi connectivity index (χ1v) is 7.37. The first-order valence-electron chi connectivity index (χ1n) is 6.99. The van der Waals surface area contributed by atoms with Crippen molar-refractivity contribution in [3.8, 4) is 0 Å². The van der Waals surface area contributed by atoms with E-state index in [1.54, 1.807) is 4.90 Å². The zero-order chi connectivity index (χ0) is 16.1. The van der Waals surface area contributed by atoms with Gasteiger partial charge in [0.15, 0.2) is 0 Å². The minimum atomic E-state index is -0.590. The van der Waals surface area contributed by atoms with E-state index >= 15 is 0 Å². The number of halogens is 1. The van der Waals surface area contributed by atoms with Gasteiger partial charge in [-0.15, -0.1) is 0 Å². The molecule has 118 valence electrons. The van der Waals surface area contributed by atoms with Crippen LogP contribution in [0.25, 0.3) is 0 Å². The van der Waals surface area contributed by atoms with E-state index in [1.807, 2.05) is 0 Å². The van der Waals surface area contributed by atoms with Gasteiger partial charge in [0.25, 0.3) is 11.6 Å². The van der Waals surface area contributed by atoms with Gasteiger partial charge in [-0.05, 0) is 25.3 Å². The molecule has 2 amide bonds. The maximum absolute atomic E-state index is 12.0. The molecule has 0 radical (unpaired) electrons. The van der Waals surface area contributed by atoms with Gasteiger partial charge in [-0.2, -0.15) is 0 Å². The van der Waals surface area contributed by atoms with Crippen LogP contribution in [-0.2, 0) is 4.79 Å². The smallest absolute Gasteiger partial charge is 0.270 e. The second-order valence-electron chi connectivity index (χ2n) is 5.05. The van der Waals surface area contributed by atoms with Crippen LogP contribution in [-0.4, -0.2) is 41.3 Å². The van der Waals surface area contributed by atoms with Crippen LogP contribution in [0.4, 0.5) is 5.69 Å². The number of nitrogens with zero attached hydrogens (tertiary/aromatic N) is 2. The summed E-state index contributed by atoms with van der Waals surface area (Å²) in [4.78, 5) is 35.7. The number of benzene rings is 1. The normalized spacial score (nSPS) is 14.5. The van der Waals surface area contributed by atoms with E-state index in [9.17, 15) is 19.7 Å². The maximum atomic E-state index is 12.0. The number of nitrogens with one attached hydrogen (secondary N) is 1. The monoisotopic (exact) mass is 325 g/mol. The quantitative estimate of drug-likeness (QED) is 0.676. The topological polar surface area (TPSA) is 92.6 Å². The molecule has 7 nitrogen and oxygen atoms in total. The van der Waals surface area contributed by atoms with Crippen LogP contribution in [0.3, 0.4) is 0 Å². The second kappa shape index (κ2) is 7.22. The lowest BCUT2D eigenvalue weighted by Gasteiger charge is -2.26. The number of carbonyl (C=O) groups is 2. The number of rotatable bonds is 4. The van der Waals surface area contributed by atoms with E-state index in [0.717, 1.165) is 25.3 Å². The molecule has 0 unspecified atom stereocenters. The highest BCUT2D eigenvalue weighted by Gasteiger charge is 2.19. The van der Waals surface area contributed by atoms with Crippen molar-refractivity contribution in [2.45, 2.75) is 19.3 Å². The number of carbonyl (C=O) groups excluding carboxylic acids is 2. The van der Waals surface area contributed by atoms with E-state index in [2.05, 4.69) is 5.32 Å². The lowest BCUT2D eigenvalue weighted by molar-refractivity contribution is -0.384. The summed E-state index contributed by atoms with van der Waals surface area (Å²) in [5.74, 6) is -0.656. The third-order valence-corrected chi connectivity index (χ3v) is 3.83. The third kappa shape index (κ3) is 3.94. The number of likely N-dealkylation sites (tertiary alicyclic amines) is 1.